The Balaban J connectivity index is 1.72. The van der Waals surface area contributed by atoms with Gasteiger partial charge < -0.3 is 16.4 Å². The van der Waals surface area contributed by atoms with Crippen molar-refractivity contribution in [3.8, 4) is 6.07 Å². The largest absolute Gasteiger partial charge is 0.397 e. The lowest BCUT2D eigenvalue weighted by Crippen LogP contribution is -2.29. The number of nitrogens with zero attached hydrogens (tertiary/aromatic N) is 1. The Hall–Kier alpha value is -3.26. The van der Waals surface area contributed by atoms with E-state index in [4.69, 9.17) is 5.73 Å². The molecule has 5 nitrogen and oxygen atoms in total. The van der Waals surface area contributed by atoms with Gasteiger partial charge in [0.15, 0.2) is 0 Å². The van der Waals surface area contributed by atoms with Gasteiger partial charge in [-0.1, -0.05) is 31.2 Å². The van der Waals surface area contributed by atoms with Gasteiger partial charge in [-0.05, 0) is 73.4 Å². The zero-order chi connectivity index (χ0) is 20.8. The van der Waals surface area contributed by atoms with Crippen LogP contribution in [0, 0.1) is 18.3 Å². The van der Waals surface area contributed by atoms with Crippen molar-refractivity contribution in [2.45, 2.75) is 52.0 Å². The van der Waals surface area contributed by atoms with Crippen molar-refractivity contribution in [1.29, 1.82) is 5.26 Å². The van der Waals surface area contributed by atoms with E-state index in [2.05, 4.69) is 28.8 Å². The average molecular weight is 389 g/mol. The van der Waals surface area contributed by atoms with Crippen LogP contribution in [0.15, 0.2) is 48.2 Å². The van der Waals surface area contributed by atoms with Crippen LogP contribution in [-0.2, 0) is 17.6 Å². The minimum atomic E-state index is -0.393. The first-order valence-corrected chi connectivity index (χ1v) is 10.2. The third-order valence-electron chi connectivity index (χ3n) is 5.43. The summed E-state index contributed by atoms with van der Waals surface area (Å²) in [7, 11) is 0. The molecule has 0 aliphatic heterocycles. The molecule has 0 aromatic heterocycles. The molecule has 0 fully saturated rings. The van der Waals surface area contributed by atoms with Crippen molar-refractivity contribution < 1.29 is 4.79 Å². The molecule has 0 saturated carbocycles. The van der Waals surface area contributed by atoms with E-state index in [9.17, 15) is 10.1 Å². The molecule has 150 valence electrons. The quantitative estimate of drug-likeness (QED) is 0.385. The number of rotatable bonds is 6. The number of nitriles is 1. The van der Waals surface area contributed by atoms with E-state index in [0.717, 1.165) is 30.4 Å². The van der Waals surface area contributed by atoms with Crippen LogP contribution < -0.4 is 16.4 Å². The molecule has 1 unspecified atom stereocenters. The number of fused-ring (bicyclic) bond motifs is 1. The standard InChI is InChI=1S/C24H28N4O/c1-3-22(19-10-9-17-6-4-5-7-18(17)13-19)28-24(29)20(14-25)15-27-23-11-8-16(2)12-21(23)26/h8-13,15,22,27H,3-7,26H2,1-2H3,(H,28,29)/b20-15-. The number of benzene rings is 2. The molecular formula is C24H28N4O. The van der Waals surface area contributed by atoms with Gasteiger partial charge >= 0.3 is 0 Å². The Morgan fingerprint density at radius 3 is 2.66 bits per heavy atom. The highest BCUT2D eigenvalue weighted by Crippen LogP contribution is 2.26. The van der Waals surface area contributed by atoms with Gasteiger partial charge in [-0.25, -0.2) is 0 Å². The summed E-state index contributed by atoms with van der Waals surface area (Å²) in [5.41, 5.74) is 12.2. The molecule has 1 atom stereocenters. The smallest absolute Gasteiger partial charge is 0.263 e. The Labute approximate surface area is 172 Å². The number of hydrogen-bond donors (Lipinski definition) is 3. The van der Waals surface area contributed by atoms with Crippen molar-refractivity contribution in [3.05, 3.63) is 70.4 Å². The molecule has 3 rings (SSSR count). The van der Waals surface area contributed by atoms with Gasteiger partial charge in [0.25, 0.3) is 5.91 Å². The number of nitrogens with two attached hydrogens (primary N) is 1. The fraction of sp³-hybridized carbons (Fsp3) is 0.333. The summed E-state index contributed by atoms with van der Waals surface area (Å²) in [6.07, 6.45) is 6.86. The normalized spacial score (nSPS) is 14.4. The van der Waals surface area contributed by atoms with Crippen molar-refractivity contribution in [1.82, 2.24) is 5.32 Å². The number of hydrogen-bond acceptors (Lipinski definition) is 4. The van der Waals surface area contributed by atoms with E-state index in [-0.39, 0.29) is 11.6 Å². The summed E-state index contributed by atoms with van der Waals surface area (Å²) in [6.45, 7) is 3.99. The Morgan fingerprint density at radius 2 is 1.97 bits per heavy atom. The van der Waals surface area contributed by atoms with Crippen LogP contribution in [-0.4, -0.2) is 5.91 Å². The lowest BCUT2D eigenvalue weighted by Gasteiger charge is -2.21. The Bertz CT molecular complexity index is 971. The first-order chi connectivity index (χ1) is 14.0. The second kappa shape index (κ2) is 9.29. The number of nitrogens with one attached hydrogen (secondary N) is 2. The van der Waals surface area contributed by atoms with E-state index in [1.165, 1.54) is 30.2 Å². The van der Waals surface area contributed by atoms with Gasteiger partial charge in [-0.3, -0.25) is 4.79 Å². The van der Waals surface area contributed by atoms with Crippen LogP contribution in [0.3, 0.4) is 0 Å². The summed E-state index contributed by atoms with van der Waals surface area (Å²) in [4.78, 5) is 12.7. The molecule has 0 radical (unpaired) electrons. The Morgan fingerprint density at radius 1 is 1.21 bits per heavy atom. The Kier molecular flexibility index (Phi) is 6.56. The van der Waals surface area contributed by atoms with Crippen LogP contribution in [0.25, 0.3) is 0 Å². The van der Waals surface area contributed by atoms with Gasteiger partial charge in [0, 0.05) is 6.20 Å². The minimum Gasteiger partial charge on any atom is -0.397 e. The molecule has 0 heterocycles. The van der Waals surface area contributed by atoms with Gasteiger partial charge in [0.05, 0.1) is 17.4 Å². The second-order valence-electron chi connectivity index (χ2n) is 7.57. The second-order valence-corrected chi connectivity index (χ2v) is 7.57. The summed E-state index contributed by atoms with van der Waals surface area (Å²) < 4.78 is 0. The van der Waals surface area contributed by atoms with Gasteiger partial charge in [0.1, 0.15) is 11.6 Å². The maximum Gasteiger partial charge on any atom is 0.263 e. The number of carbonyl (C=O) groups is 1. The molecule has 0 spiro atoms. The average Bonchev–Trinajstić information content (AvgIpc) is 2.73. The molecule has 0 saturated heterocycles. The highest BCUT2D eigenvalue weighted by molar-refractivity contribution is 5.97. The number of anilines is 2. The van der Waals surface area contributed by atoms with Crippen molar-refractivity contribution in [2.75, 3.05) is 11.1 Å². The molecular weight excluding hydrogens is 360 g/mol. The predicted molar refractivity (Wildman–Crippen MR) is 117 cm³/mol. The molecule has 1 amide bonds. The van der Waals surface area contributed by atoms with E-state index in [0.29, 0.717) is 11.4 Å². The maximum absolute atomic E-state index is 12.7. The van der Waals surface area contributed by atoms with Crippen LogP contribution in [0.5, 0.6) is 0 Å². The van der Waals surface area contributed by atoms with E-state index >= 15 is 0 Å². The van der Waals surface area contributed by atoms with Crippen molar-refractivity contribution >= 4 is 17.3 Å². The number of nitrogen functional groups attached to an aromatic ring is 1. The number of carbonyl (C=O) groups excluding carboxylic acids is 1. The fourth-order valence-corrected chi connectivity index (χ4v) is 3.74. The zero-order valence-corrected chi connectivity index (χ0v) is 17.1. The van der Waals surface area contributed by atoms with E-state index in [1.54, 1.807) is 0 Å². The first-order valence-electron chi connectivity index (χ1n) is 10.2. The monoisotopic (exact) mass is 388 g/mol. The van der Waals surface area contributed by atoms with Crippen LogP contribution in [0.4, 0.5) is 11.4 Å². The summed E-state index contributed by atoms with van der Waals surface area (Å²) in [6, 6.07) is 13.9. The van der Waals surface area contributed by atoms with Gasteiger partial charge in [-0.15, -0.1) is 0 Å². The fourth-order valence-electron chi connectivity index (χ4n) is 3.74. The summed E-state index contributed by atoms with van der Waals surface area (Å²) >= 11 is 0. The number of aryl methyl sites for hydroxylation is 3. The highest BCUT2D eigenvalue weighted by Gasteiger charge is 2.18. The molecule has 2 aromatic rings. The van der Waals surface area contributed by atoms with Crippen molar-refractivity contribution in [2.24, 2.45) is 0 Å². The molecule has 5 heteroatoms. The van der Waals surface area contributed by atoms with Crippen LogP contribution >= 0.6 is 0 Å². The highest BCUT2D eigenvalue weighted by atomic mass is 16.1. The zero-order valence-electron chi connectivity index (χ0n) is 17.1. The molecule has 29 heavy (non-hydrogen) atoms. The summed E-state index contributed by atoms with van der Waals surface area (Å²) in [5.74, 6) is -0.393. The van der Waals surface area contributed by atoms with Crippen LogP contribution in [0.2, 0.25) is 0 Å². The summed E-state index contributed by atoms with van der Waals surface area (Å²) in [5, 5.41) is 15.4. The first kappa shape index (κ1) is 20.5. The molecule has 0 bridgehead atoms. The molecule has 1 aliphatic rings. The van der Waals surface area contributed by atoms with Gasteiger partial charge in [-0.2, -0.15) is 5.26 Å². The van der Waals surface area contributed by atoms with E-state index in [1.807, 2.05) is 38.1 Å². The lowest BCUT2D eigenvalue weighted by atomic mass is 9.88. The number of amides is 1. The molecule has 4 N–H and O–H groups in total. The van der Waals surface area contributed by atoms with Crippen molar-refractivity contribution in [3.63, 3.8) is 0 Å². The third-order valence-corrected chi connectivity index (χ3v) is 5.43. The minimum absolute atomic E-state index is 0.0152. The predicted octanol–water partition coefficient (Wildman–Crippen LogP) is 4.54. The van der Waals surface area contributed by atoms with Crippen LogP contribution in [0.1, 0.15) is 54.5 Å². The SMILES string of the molecule is CCC(NC(=O)/C(C#N)=C\Nc1ccc(C)cc1N)c1ccc2c(c1)CCCC2. The lowest BCUT2D eigenvalue weighted by molar-refractivity contribution is -0.117. The topological polar surface area (TPSA) is 90.9 Å². The third kappa shape index (κ3) is 4.97. The van der Waals surface area contributed by atoms with Gasteiger partial charge in [0.2, 0.25) is 0 Å². The van der Waals surface area contributed by atoms with E-state index < -0.39 is 5.91 Å². The molecule has 1 aliphatic carbocycles. The maximum atomic E-state index is 12.7. The molecule has 2 aromatic carbocycles.